The van der Waals surface area contributed by atoms with Gasteiger partial charge < -0.3 is 15.0 Å². The highest BCUT2D eigenvalue weighted by Crippen LogP contribution is 2.28. The first-order valence-electron chi connectivity index (χ1n) is 9.13. The maximum absolute atomic E-state index is 5.98. The van der Waals surface area contributed by atoms with Gasteiger partial charge in [0.05, 0.1) is 24.2 Å². The van der Waals surface area contributed by atoms with Gasteiger partial charge in [-0.05, 0) is 35.4 Å². The Morgan fingerprint density at radius 3 is 2.69 bits per heavy atom. The number of hydrogen-bond donors (Lipinski definition) is 2. The van der Waals surface area contributed by atoms with Crippen molar-refractivity contribution in [1.29, 1.82) is 0 Å². The molecule has 0 aliphatic carbocycles. The zero-order valence-corrected chi connectivity index (χ0v) is 15.0. The number of aromatic nitrogens is 2. The van der Waals surface area contributed by atoms with Crippen molar-refractivity contribution in [3.63, 3.8) is 0 Å². The number of ether oxygens (including phenoxy) is 1. The molecule has 0 amide bonds. The average molecular weight is 345 g/mol. The van der Waals surface area contributed by atoms with Gasteiger partial charge in [-0.15, -0.1) is 0 Å². The number of aromatic amines is 1. The van der Waals surface area contributed by atoms with Gasteiger partial charge in [-0.1, -0.05) is 49.4 Å². The monoisotopic (exact) mass is 345 g/mol. The summed E-state index contributed by atoms with van der Waals surface area (Å²) in [6.45, 7) is 4.28. The number of imidazole rings is 1. The molecule has 4 heteroatoms. The molecule has 1 heterocycles. The smallest absolute Gasteiger partial charge is 0.124 e. The number of H-pyrrole nitrogens is 1. The predicted octanol–water partition coefficient (Wildman–Crippen LogP) is 4.79. The van der Waals surface area contributed by atoms with E-state index in [1.54, 1.807) is 0 Å². The molecule has 0 bridgehead atoms. The van der Waals surface area contributed by atoms with E-state index in [1.165, 1.54) is 16.3 Å². The lowest BCUT2D eigenvalue weighted by molar-refractivity contribution is 0.314. The van der Waals surface area contributed by atoms with E-state index < -0.39 is 0 Å². The van der Waals surface area contributed by atoms with Crippen LogP contribution in [0.5, 0.6) is 5.75 Å². The first-order chi connectivity index (χ1) is 12.8. The summed E-state index contributed by atoms with van der Waals surface area (Å²) in [5, 5.41) is 5.98. The minimum atomic E-state index is 0.686. The highest BCUT2D eigenvalue weighted by molar-refractivity contribution is 5.87. The average Bonchev–Trinajstić information content (AvgIpc) is 3.10. The van der Waals surface area contributed by atoms with Gasteiger partial charge in [0.25, 0.3) is 0 Å². The third-order valence-electron chi connectivity index (χ3n) is 4.49. The van der Waals surface area contributed by atoms with Gasteiger partial charge in [0, 0.05) is 12.1 Å². The zero-order chi connectivity index (χ0) is 17.8. The molecule has 4 aromatic rings. The molecule has 3 aromatic carbocycles. The fourth-order valence-electron chi connectivity index (χ4n) is 3.24. The summed E-state index contributed by atoms with van der Waals surface area (Å²) in [4.78, 5) is 7.99. The van der Waals surface area contributed by atoms with Gasteiger partial charge >= 0.3 is 0 Å². The standard InChI is InChI=1S/C22H23N3O/c1-2-13-26-21-12-11-16-7-3-4-8-17(16)18(21)14-23-15-22-24-19-9-5-6-10-20(19)25-22/h3-12,23H,2,13-15H2,1H3,(H,24,25). The van der Waals surface area contributed by atoms with Crippen LogP contribution in [0.4, 0.5) is 0 Å². The Bertz CT molecular complexity index is 989. The number of fused-ring (bicyclic) bond motifs is 2. The zero-order valence-electron chi connectivity index (χ0n) is 15.0. The lowest BCUT2D eigenvalue weighted by atomic mass is 10.0. The largest absolute Gasteiger partial charge is 0.493 e. The SMILES string of the molecule is CCCOc1ccc2ccccc2c1CNCc1nc2ccccc2[nH]1. The van der Waals surface area contributed by atoms with Crippen LogP contribution in [0, 0.1) is 0 Å². The number of hydrogen-bond acceptors (Lipinski definition) is 3. The first-order valence-corrected chi connectivity index (χ1v) is 9.13. The Kier molecular flexibility index (Phi) is 4.84. The van der Waals surface area contributed by atoms with Crippen molar-refractivity contribution in [1.82, 2.24) is 15.3 Å². The summed E-state index contributed by atoms with van der Waals surface area (Å²) in [5.41, 5.74) is 3.27. The first kappa shape index (κ1) is 16.6. The summed E-state index contributed by atoms with van der Waals surface area (Å²) in [6, 6.07) is 20.8. The van der Waals surface area contributed by atoms with Gasteiger partial charge in [0.2, 0.25) is 0 Å². The Morgan fingerprint density at radius 2 is 1.81 bits per heavy atom. The van der Waals surface area contributed by atoms with Crippen molar-refractivity contribution < 1.29 is 4.74 Å². The molecule has 1 aromatic heterocycles. The van der Waals surface area contributed by atoms with E-state index in [9.17, 15) is 0 Å². The van der Waals surface area contributed by atoms with Crippen molar-refractivity contribution >= 4 is 21.8 Å². The lowest BCUT2D eigenvalue weighted by Crippen LogP contribution is -2.15. The molecule has 4 nitrogen and oxygen atoms in total. The highest BCUT2D eigenvalue weighted by Gasteiger charge is 2.09. The van der Waals surface area contributed by atoms with Crippen molar-refractivity contribution in [3.8, 4) is 5.75 Å². The molecule has 0 unspecified atom stereocenters. The third-order valence-corrected chi connectivity index (χ3v) is 4.49. The summed E-state index contributed by atoms with van der Waals surface area (Å²) in [6.07, 6.45) is 0.999. The fourth-order valence-corrected chi connectivity index (χ4v) is 3.24. The van der Waals surface area contributed by atoms with Crippen molar-refractivity contribution in [2.75, 3.05) is 6.61 Å². The second-order valence-corrected chi connectivity index (χ2v) is 6.42. The lowest BCUT2D eigenvalue weighted by Gasteiger charge is -2.14. The molecule has 2 N–H and O–H groups in total. The maximum atomic E-state index is 5.98. The molecule has 0 radical (unpaired) electrons. The van der Waals surface area contributed by atoms with Crippen molar-refractivity contribution in [2.45, 2.75) is 26.4 Å². The van der Waals surface area contributed by atoms with Gasteiger partial charge in [-0.3, -0.25) is 0 Å². The topological polar surface area (TPSA) is 49.9 Å². The number of rotatable bonds is 7. The molecule has 0 aliphatic heterocycles. The van der Waals surface area contributed by atoms with Crippen LogP contribution in [-0.2, 0) is 13.1 Å². The van der Waals surface area contributed by atoms with Gasteiger partial charge in [-0.2, -0.15) is 0 Å². The maximum Gasteiger partial charge on any atom is 0.124 e. The van der Waals surface area contributed by atoms with E-state index in [0.717, 1.165) is 42.2 Å². The second kappa shape index (κ2) is 7.58. The van der Waals surface area contributed by atoms with E-state index in [0.29, 0.717) is 6.54 Å². The minimum absolute atomic E-state index is 0.686. The van der Waals surface area contributed by atoms with E-state index in [4.69, 9.17) is 4.74 Å². The molecule has 132 valence electrons. The molecule has 4 rings (SSSR count). The van der Waals surface area contributed by atoms with Crippen molar-refractivity contribution in [2.24, 2.45) is 0 Å². The predicted molar refractivity (Wildman–Crippen MR) is 106 cm³/mol. The van der Waals surface area contributed by atoms with E-state index in [1.807, 2.05) is 24.3 Å². The summed E-state index contributed by atoms with van der Waals surface area (Å²) in [7, 11) is 0. The van der Waals surface area contributed by atoms with Crippen LogP contribution in [-0.4, -0.2) is 16.6 Å². The molecule has 26 heavy (non-hydrogen) atoms. The van der Waals surface area contributed by atoms with Crippen LogP contribution in [0.2, 0.25) is 0 Å². The summed E-state index contributed by atoms with van der Waals surface area (Å²) in [5.74, 6) is 1.91. The third kappa shape index (κ3) is 3.41. The Labute approximate surface area is 153 Å². The summed E-state index contributed by atoms with van der Waals surface area (Å²) >= 11 is 0. The highest BCUT2D eigenvalue weighted by atomic mass is 16.5. The second-order valence-electron chi connectivity index (χ2n) is 6.42. The fraction of sp³-hybridized carbons (Fsp3) is 0.227. The van der Waals surface area contributed by atoms with Crippen LogP contribution < -0.4 is 10.1 Å². The molecular formula is C22H23N3O. The summed E-state index contributed by atoms with van der Waals surface area (Å²) < 4.78 is 5.98. The van der Waals surface area contributed by atoms with E-state index in [-0.39, 0.29) is 0 Å². The van der Waals surface area contributed by atoms with Crippen LogP contribution in [0.25, 0.3) is 21.8 Å². The number of nitrogens with one attached hydrogen (secondary N) is 2. The quantitative estimate of drug-likeness (QED) is 0.506. The molecular weight excluding hydrogens is 322 g/mol. The Balaban J connectivity index is 1.55. The molecule has 0 spiro atoms. The van der Waals surface area contributed by atoms with E-state index >= 15 is 0 Å². The van der Waals surface area contributed by atoms with Crippen LogP contribution >= 0.6 is 0 Å². The molecule has 0 aliphatic rings. The Morgan fingerprint density at radius 1 is 0.962 bits per heavy atom. The van der Waals surface area contributed by atoms with Gasteiger partial charge in [-0.25, -0.2) is 4.98 Å². The van der Waals surface area contributed by atoms with Crippen LogP contribution in [0.3, 0.4) is 0 Å². The van der Waals surface area contributed by atoms with E-state index in [2.05, 4.69) is 58.6 Å². The molecule has 0 saturated heterocycles. The van der Waals surface area contributed by atoms with Crippen LogP contribution in [0.15, 0.2) is 60.7 Å². The number of para-hydroxylation sites is 2. The van der Waals surface area contributed by atoms with Gasteiger partial charge in [0.1, 0.15) is 11.6 Å². The molecule has 0 fully saturated rings. The van der Waals surface area contributed by atoms with Crippen molar-refractivity contribution in [3.05, 3.63) is 72.1 Å². The van der Waals surface area contributed by atoms with Gasteiger partial charge in [0.15, 0.2) is 0 Å². The Hall–Kier alpha value is -2.85. The number of benzene rings is 3. The van der Waals surface area contributed by atoms with Crippen LogP contribution in [0.1, 0.15) is 24.7 Å². The minimum Gasteiger partial charge on any atom is -0.493 e. The number of nitrogens with zero attached hydrogens (tertiary/aromatic N) is 1. The normalized spacial score (nSPS) is 11.3. The molecule has 0 atom stereocenters. The molecule has 0 saturated carbocycles.